The minimum Gasteiger partial charge on any atom is -0.325 e. The number of benzene rings is 2. The molecule has 0 saturated carbocycles. The van der Waals surface area contributed by atoms with Gasteiger partial charge in [0.05, 0.1) is 0 Å². The second kappa shape index (κ2) is 7.18. The molecule has 0 heterocycles. The molecule has 0 bridgehead atoms. The van der Waals surface area contributed by atoms with E-state index >= 15 is 0 Å². The number of anilines is 2. The number of halogens is 1. The Morgan fingerprint density at radius 2 is 1.71 bits per heavy atom. The summed E-state index contributed by atoms with van der Waals surface area (Å²) in [4.78, 5) is 26.9. The van der Waals surface area contributed by atoms with Gasteiger partial charge in [-0.3, -0.25) is 9.59 Å². The summed E-state index contributed by atoms with van der Waals surface area (Å²) in [5.74, 6) is -0.608. The zero-order chi connectivity index (χ0) is 17.9. The van der Waals surface area contributed by atoms with Crippen molar-refractivity contribution in [3.63, 3.8) is 0 Å². The van der Waals surface area contributed by atoms with Crippen LogP contribution in [0.15, 0.2) is 53.0 Å². The van der Waals surface area contributed by atoms with Crippen LogP contribution in [0.1, 0.15) is 19.4 Å². The van der Waals surface area contributed by atoms with Crippen molar-refractivity contribution in [3.05, 3.63) is 58.6 Å². The maximum Gasteiger partial charge on any atom is 0.241 e. The fraction of sp³-hybridized carbons (Fsp3) is 0.263. The molecule has 0 aliphatic rings. The number of aryl methyl sites for hydroxylation is 1. The molecule has 2 aromatic carbocycles. The number of para-hydroxylation sites is 1. The second-order valence-electron chi connectivity index (χ2n) is 6.24. The minimum atomic E-state index is -1.19. The summed E-state index contributed by atoms with van der Waals surface area (Å²) in [6.45, 7) is 5.23. The lowest BCUT2D eigenvalue weighted by atomic mass is 9.90. The first-order chi connectivity index (χ1) is 11.2. The lowest BCUT2D eigenvalue weighted by Gasteiger charge is -2.28. The van der Waals surface area contributed by atoms with E-state index in [2.05, 4.69) is 21.2 Å². The van der Waals surface area contributed by atoms with E-state index in [0.717, 1.165) is 15.7 Å². The van der Waals surface area contributed by atoms with Gasteiger partial charge >= 0.3 is 0 Å². The fourth-order valence-electron chi connectivity index (χ4n) is 2.24. The maximum absolute atomic E-state index is 12.8. The zero-order valence-electron chi connectivity index (χ0n) is 14.3. The third-order valence-corrected chi connectivity index (χ3v) is 4.83. The number of hydrogen-bond acceptors (Lipinski definition) is 2. The van der Waals surface area contributed by atoms with E-state index < -0.39 is 5.41 Å². The highest BCUT2D eigenvalue weighted by molar-refractivity contribution is 9.10. The average Bonchev–Trinajstić information content (AvgIpc) is 2.57. The number of carbonyl (C=O) groups excluding carboxylic acids is 2. The van der Waals surface area contributed by atoms with E-state index in [0.29, 0.717) is 5.69 Å². The van der Waals surface area contributed by atoms with E-state index in [1.54, 1.807) is 20.9 Å². The summed E-state index contributed by atoms with van der Waals surface area (Å²) in [5, 5.41) is 2.82. The molecule has 0 atom stereocenters. The largest absolute Gasteiger partial charge is 0.325 e. The summed E-state index contributed by atoms with van der Waals surface area (Å²) in [5.41, 5.74) is 1.29. The lowest BCUT2D eigenvalue weighted by molar-refractivity contribution is -0.136. The summed E-state index contributed by atoms with van der Waals surface area (Å²) in [6.07, 6.45) is 0. The van der Waals surface area contributed by atoms with E-state index in [4.69, 9.17) is 0 Å². The SMILES string of the molecule is Cc1ccc(NC(=O)C(C)(C)C(=O)N(C)c2ccccc2)cc1Br. The van der Waals surface area contributed by atoms with Gasteiger partial charge in [-0.05, 0) is 50.6 Å². The minimum absolute atomic E-state index is 0.266. The number of rotatable bonds is 4. The van der Waals surface area contributed by atoms with E-state index in [1.807, 2.05) is 55.5 Å². The molecule has 0 spiro atoms. The molecule has 2 aromatic rings. The van der Waals surface area contributed by atoms with Crippen molar-refractivity contribution < 1.29 is 9.59 Å². The van der Waals surface area contributed by atoms with Gasteiger partial charge in [0.25, 0.3) is 0 Å². The van der Waals surface area contributed by atoms with Gasteiger partial charge in [0.1, 0.15) is 5.41 Å². The Morgan fingerprint density at radius 3 is 2.29 bits per heavy atom. The Morgan fingerprint density at radius 1 is 1.08 bits per heavy atom. The van der Waals surface area contributed by atoms with Gasteiger partial charge in [-0.15, -0.1) is 0 Å². The number of carbonyl (C=O) groups is 2. The highest BCUT2D eigenvalue weighted by atomic mass is 79.9. The second-order valence-corrected chi connectivity index (χ2v) is 7.10. The first kappa shape index (κ1) is 18.2. The van der Waals surface area contributed by atoms with Crippen molar-refractivity contribution in [2.75, 3.05) is 17.3 Å². The number of nitrogens with zero attached hydrogens (tertiary/aromatic N) is 1. The van der Waals surface area contributed by atoms with E-state index in [-0.39, 0.29) is 11.8 Å². The lowest BCUT2D eigenvalue weighted by Crippen LogP contribution is -2.46. The van der Waals surface area contributed by atoms with Crippen LogP contribution in [0, 0.1) is 12.3 Å². The van der Waals surface area contributed by atoms with Crippen LogP contribution in [0.5, 0.6) is 0 Å². The first-order valence-corrected chi connectivity index (χ1v) is 8.43. The molecule has 2 rings (SSSR count). The summed E-state index contributed by atoms with van der Waals surface area (Å²) in [7, 11) is 1.68. The van der Waals surface area contributed by atoms with E-state index in [1.165, 1.54) is 4.90 Å². The van der Waals surface area contributed by atoms with Gasteiger partial charge in [-0.25, -0.2) is 0 Å². The molecule has 2 amide bonds. The van der Waals surface area contributed by atoms with Gasteiger partial charge in [-0.2, -0.15) is 0 Å². The smallest absolute Gasteiger partial charge is 0.241 e. The Kier molecular flexibility index (Phi) is 5.44. The predicted octanol–water partition coefficient (Wildman–Crippen LogP) is 4.39. The molecule has 1 N–H and O–H groups in total. The third kappa shape index (κ3) is 3.85. The summed E-state index contributed by atoms with van der Waals surface area (Å²) in [6, 6.07) is 14.8. The molecule has 4 nitrogen and oxygen atoms in total. The van der Waals surface area contributed by atoms with Crippen LogP contribution < -0.4 is 10.2 Å². The molecule has 126 valence electrons. The Hall–Kier alpha value is -2.14. The summed E-state index contributed by atoms with van der Waals surface area (Å²) < 4.78 is 0.908. The standard InChI is InChI=1S/C19H21BrN2O2/c1-13-10-11-14(12-16(13)20)21-17(23)19(2,3)18(24)22(4)15-8-6-5-7-9-15/h5-12H,1-4H3,(H,21,23). The Labute approximate surface area is 151 Å². The molecule has 0 radical (unpaired) electrons. The number of nitrogens with one attached hydrogen (secondary N) is 1. The van der Waals surface area contributed by atoms with Crippen LogP contribution in [0.4, 0.5) is 11.4 Å². The van der Waals surface area contributed by atoms with Crippen LogP contribution in [-0.2, 0) is 9.59 Å². The molecule has 0 unspecified atom stereocenters. The number of hydrogen-bond donors (Lipinski definition) is 1. The predicted molar refractivity (Wildman–Crippen MR) is 101 cm³/mol. The van der Waals surface area contributed by atoms with Crippen molar-refractivity contribution in [1.82, 2.24) is 0 Å². The molecule has 5 heteroatoms. The van der Waals surface area contributed by atoms with Crippen LogP contribution >= 0.6 is 15.9 Å². The van der Waals surface area contributed by atoms with Crippen LogP contribution in [0.2, 0.25) is 0 Å². The van der Waals surface area contributed by atoms with E-state index in [9.17, 15) is 9.59 Å². The van der Waals surface area contributed by atoms with Gasteiger partial charge in [0.15, 0.2) is 0 Å². The maximum atomic E-state index is 12.8. The normalized spacial score (nSPS) is 11.0. The molecule has 0 aliphatic carbocycles. The van der Waals surface area contributed by atoms with Crippen molar-refractivity contribution in [3.8, 4) is 0 Å². The average molecular weight is 389 g/mol. The quantitative estimate of drug-likeness (QED) is 0.789. The molecule has 0 fully saturated rings. The molecular weight excluding hydrogens is 368 g/mol. The third-order valence-electron chi connectivity index (χ3n) is 3.98. The van der Waals surface area contributed by atoms with Crippen molar-refractivity contribution in [2.24, 2.45) is 5.41 Å². The van der Waals surface area contributed by atoms with Gasteiger partial charge in [0, 0.05) is 22.9 Å². The Balaban J connectivity index is 2.17. The van der Waals surface area contributed by atoms with Crippen molar-refractivity contribution in [1.29, 1.82) is 0 Å². The Bertz CT molecular complexity index is 757. The topological polar surface area (TPSA) is 49.4 Å². The molecule has 0 aromatic heterocycles. The monoisotopic (exact) mass is 388 g/mol. The molecule has 0 aliphatic heterocycles. The van der Waals surface area contributed by atoms with Crippen LogP contribution in [-0.4, -0.2) is 18.9 Å². The highest BCUT2D eigenvalue weighted by Gasteiger charge is 2.38. The van der Waals surface area contributed by atoms with Crippen LogP contribution in [0.25, 0.3) is 0 Å². The van der Waals surface area contributed by atoms with Crippen molar-refractivity contribution in [2.45, 2.75) is 20.8 Å². The van der Waals surface area contributed by atoms with Gasteiger partial charge in [0.2, 0.25) is 11.8 Å². The summed E-state index contributed by atoms with van der Waals surface area (Å²) >= 11 is 3.44. The first-order valence-electron chi connectivity index (χ1n) is 7.64. The molecular formula is C19H21BrN2O2. The zero-order valence-corrected chi connectivity index (χ0v) is 15.8. The van der Waals surface area contributed by atoms with Crippen LogP contribution in [0.3, 0.4) is 0 Å². The molecule has 24 heavy (non-hydrogen) atoms. The van der Waals surface area contributed by atoms with Crippen molar-refractivity contribution >= 4 is 39.1 Å². The molecule has 0 saturated heterocycles. The highest BCUT2D eigenvalue weighted by Crippen LogP contribution is 2.26. The van der Waals surface area contributed by atoms with Gasteiger partial charge in [-0.1, -0.05) is 40.2 Å². The van der Waals surface area contributed by atoms with Gasteiger partial charge < -0.3 is 10.2 Å². The fourth-order valence-corrected chi connectivity index (χ4v) is 2.62. The number of amides is 2.